The van der Waals surface area contributed by atoms with Gasteiger partial charge in [0.15, 0.2) is 11.5 Å². The summed E-state index contributed by atoms with van der Waals surface area (Å²) < 4.78 is 11.0. The monoisotopic (exact) mass is 254 g/mol. The van der Waals surface area contributed by atoms with Crippen molar-refractivity contribution in [2.24, 2.45) is 5.92 Å². The van der Waals surface area contributed by atoms with Crippen molar-refractivity contribution in [1.29, 1.82) is 0 Å². The first-order valence-electron chi connectivity index (χ1n) is 6.20. The zero-order valence-corrected chi connectivity index (χ0v) is 11.2. The Balaban J connectivity index is 2.05. The first kappa shape index (κ1) is 12.6. The van der Waals surface area contributed by atoms with E-state index in [1.54, 1.807) is 0 Å². The number of alkyl halides is 1. The number of benzene rings is 1. The molecule has 0 saturated carbocycles. The molecule has 0 N–H and O–H groups in total. The highest BCUT2D eigenvalue weighted by molar-refractivity contribution is 6.20. The Morgan fingerprint density at radius 3 is 2.53 bits per heavy atom. The van der Waals surface area contributed by atoms with Crippen molar-refractivity contribution in [1.82, 2.24) is 0 Å². The van der Waals surface area contributed by atoms with Crippen molar-refractivity contribution in [3.05, 3.63) is 23.8 Å². The fourth-order valence-electron chi connectivity index (χ4n) is 1.90. The Morgan fingerprint density at radius 1 is 1.12 bits per heavy atom. The molecular weight excluding hydrogens is 236 g/mol. The summed E-state index contributed by atoms with van der Waals surface area (Å²) in [4.78, 5) is 0. The third-order valence-corrected chi connectivity index (χ3v) is 3.40. The van der Waals surface area contributed by atoms with Gasteiger partial charge in [-0.1, -0.05) is 19.9 Å². The van der Waals surface area contributed by atoms with Crippen LogP contribution >= 0.6 is 11.6 Å². The van der Waals surface area contributed by atoms with Gasteiger partial charge in [0.1, 0.15) is 13.2 Å². The van der Waals surface area contributed by atoms with Crippen molar-refractivity contribution >= 4 is 11.6 Å². The first-order valence-corrected chi connectivity index (χ1v) is 6.64. The smallest absolute Gasteiger partial charge is 0.161 e. The minimum atomic E-state index is 0.0632. The minimum absolute atomic E-state index is 0.0632. The Morgan fingerprint density at radius 2 is 1.82 bits per heavy atom. The van der Waals surface area contributed by atoms with Gasteiger partial charge in [0.05, 0.1) is 5.38 Å². The maximum atomic E-state index is 6.40. The lowest BCUT2D eigenvalue weighted by Gasteiger charge is -2.20. The lowest BCUT2D eigenvalue weighted by atomic mass is 10.0. The van der Waals surface area contributed by atoms with Gasteiger partial charge in [-0.25, -0.2) is 0 Å². The lowest BCUT2D eigenvalue weighted by molar-refractivity contribution is 0.171. The molecule has 0 amide bonds. The van der Waals surface area contributed by atoms with E-state index in [1.165, 1.54) is 0 Å². The fourth-order valence-corrected chi connectivity index (χ4v) is 2.16. The summed E-state index contributed by atoms with van der Waals surface area (Å²) in [5, 5.41) is 0.0632. The van der Waals surface area contributed by atoms with Crippen LogP contribution < -0.4 is 9.47 Å². The molecule has 0 aliphatic carbocycles. The van der Waals surface area contributed by atoms with Crippen molar-refractivity contribution in [2.45, 2.75) is 32.1 Å². The van der Waals surface area contributed by atoms with Crippen LogP contribution in [-0.2, 0) is 0 Å². The molecule has 17 heavy (non-hydrogen) atoms. The molecule has 1 heterocycles. The van der Waals surface area contributed by atoms with Crippen LogP contribution in [0.2, 0.25) is 0 Å². The van der Waals surface area contributed by atoms with Crippen molar-refractivity contribution in [3.63, 3.8) is 0 Å². The molecule has 94 valence electrons. The van der Waals surface area contributed by atoms with E-state index in [9.17, 15) is 0 Å². The average Bonchev–Trinajstić information content (AvgIpc) is 2.35. The van der Waals surface area contributed by atoms with E-state index in [0.29, 0.717) is 19.1 Å². The van der Waals surface area contributed by atoms with Crippen LogP contribution in [-0.4, -0.2) is 13.2 Å². The molecule has 0 fully saturated rings. The highest BCUT2D eigenvalue weighted by Gasteiger charge is 2.15. The molecular formula is C14H19ClO2. The second-order valence-electron chi connectivity index (χ2n) is 4.84. The van der Waals surface area contributed by atoms with E-state index < -0.39 is 0 Å². The van der Waals surface area contributed by atoms with E-state index in [1.807, 2.05) is 18.2 Å². The van der Waals surface area contributed by atoms with Crippen LogP contribution in [0.5, 0.6) is 11.5 Å². The fraction of sp³-hybridized carbons (Fsp3) is 0.571. The number of hydrogen-bond acceptors (Lipinski definition) is 2. The molecule has 3 heteroatoms. The normalized spacial score (nSPS) is 16.0. The molecule has 1 aliphatic heterocycles. The van der Waals surface area contributed by atoms with Crippen LogP contribution in [0.1, 0.15) is 37.6 Å². The molecule has 0 saturated heterocycles. The number of halogens is 1. The second kappa shape index (κ2) is 5.63. The molecule has 0 radical (unpaired) electrons. The van der Waals surface area contributed by atoms with Crippen molar-refractivity contribution in [2.75, 3.05) is 13.2 Å². The van der Waals surface area contributed by atoms with Crippen LogP contribution in [0, 0.1) is 5.92 Å². The average molecular weight is 255 g/mol. The molecule has 0 bridgehead atoms. The second-order valence-corrected chi connectivity index (χ2v) is 5.37. The number of ether oxygens (including phenoxy) is 2. The molecule has 0 spiro atoms. The third-order valence-electron chi connectivity index (χ3n) is 2.93. The summed E-state index contributed by atoms with van der Waals surface area (Å²) in [6.45, 7) is 5.68. The summed E-state index contributed by atoms with van der Waals surface area (Å²) in [6, 6.07) is 5.99. The highest BCUT2D eigenvalue weighted by atomic mass is 35.5. The molecule has 1 atom stereocenters. The molecule has 2 rings (SSSR count). The zero-order chi connectivity index (χ0) is 12.3. The topological polar surface area (TPSA) is 18.5 Å². The van der Waals surface area contributed by atoms with Crippen LogP contribution in [0.15, 0.2) is 18.2 Å². The van der Waals surface area contributed by atoms with E-state index in [2.05, 4.69) is 13.8 Å². The Bertz CT molecular complexity index is 376. The molecule has 1 aromatic rings. The lowest BCUT2D eigenvalue weighted by Crippen LogP contribution is -2.15. The number of hydrogen-bond donors (Lipinski definition) is 0. The van der Waals surface area contributed by atoms with E-state index in [0.717, 1.165) is 29.9 Å². The summed E-state index contributed by atoms with van der Waals surface area (Å²) in [5.41, 5.74) is 1.12. The Kier molecular flexibility index (Phi) is 4.16. The zero-order valence-electron chi connectivity index (χ0n) is 10.4. The van der Waals surface area contributed by atoms with E-state index in [4.69, 9.17) is 21.1 Å². The quantitative estimate of drug-likeness (QED) is 0.751. The molecule has 0 aromatic heterocycles. The predicted molar refractivity (Wildman–Crippen MR) is 70.1 cm³/mol. The van der Waals surface area contributed by atoms with Gasteiger partial charge in [-0.3, -0.25) is 0 Å². The maximum absolute atomic E-state index is 6.40. The Labute approximate surface area is 108 Å². The van der Waals surface area contributed by atoms with E-state index >= 15 is 0 Å². The maximum Gasteiger partial charge on any atom is 0.161 e. The largest absolute Gasteiger partial charge is 0.486 e. The minimum Gasteiger partial charge on any atom is -0.486 e. The van der Waals surface area contributed by atoms with Crippen molar-refractivity contribution < 1.29 is 9.47 Å². The molecule has 1 aliphatic rings. The highest BCUT2D eigenvalue weighted by Crippen LogP contribution is 2.36. The van der Waals surface area contributed by atoms with Gasteiger partial charge in [-0.15, -0.1) is 11.6 Å². The molecule has 2 nitrogen and oxygen atoms in total. The SMILES string of the molecule is CC(C)CCC(Cl)c1ccc2c(c1)OCCO2. The summed E-state index contributed by atoms with van der Waals surface area (Å²) in [6.07, 6.45) is 2.14. The summed E-state index contributed by atoms with van der Waals surface area (Å²) in [7, 11) is 0. The summed E-state index contributed by atoms with van der Waals surface area (Å²) >= 11 is 6.40. The van der Waals surface area contributed by atoms with Crippen LogP contribution in [0.25, 0.3) is 0 Å². The van der Waals surface area contributed by atoms with Crippen LogP contribution in [0.4, 0.5) is 0 Å². The first-order chi connectivity index (χ1) is 8.16. The summed E-state index contributed by atoms with van der Waals surface area (Å²) in [5.74, 6) is 2.34. The van der Waals surface area contributed by atoms with E-state index in [-0.39, 0.29) is 5.38 Å². The van der Waals surface area contributed by atoms with Crippen molar-refractivity contribution in [3.8, 4) is 11.5 Å². The van der Waals surface area contributed by atoms with Gasteiger partial charge >= 0.3 is 0 Å². The molecule has 1 aromatic carbocycles. The van der Waals surface area contributed by atoms with Gasteiger partial charge in [-0.05, 0) is 36.5 Å². The Hall–Kier alpha value is -0.890. The van der Waals surface area contributed by atoms with Gasteiger partial charge in [-0.2, -0.15) is 0 Å². The number of rotatable bonds is 4. The van der Waals surface area contributed by atoms with Gasteiger partial charge < -0.3 is 9.47 Å². The van der Waals surface area contributed by atoms with Gasteiger partial charge in [0, 0.05) is 0 Å². The predicted octanol–water partition coefficient (Wildman–Crippen LogP) is 4.17. The number of fused-ring (bicyclic) bond motifs is 1. The van der Waals surface area contributed by atoms with Gasteiger partial charge in [0.25, 0.3) is 0 Å². The van der Waals surface area contributed by atoms with Gasteiger partial charge in [0.2, 0.25) is 0 Å². The standard InChI is InChI=1S/C14H19ClO2/c1-10(2)3-5-12(15)11-4-6-13-14(9-11)17-8-7-16-13/h4,6,9-10,12H,3,5,7-8H2,1-2H3. The van der Waals surface area contributed by atoms with Crippen LogP contribution in [0.3, 0.4) is 0 Å². The molecule has 1 unspecified atom stereocenters. The third kappa shape index (κ3) is 3.29.